The lowest BCUT2D eigenvalue weighted by Gasteiger charge is -2.08. The van der Waals surface area contributed by atoms with Crippen molar-refractivity contribution in [2.75, 3.05) is 18.5 Å². The maximum atomic E-state index is 12.0. The fraction of sp³-hybridized carbons (Fsp3) is 0.261. The van der Waals surface area contributed by atoms with Gasteiger partial charge in [0.2, 0.25) is 5.91 Å². The van der Waals surface area contributed by atoms with Crippen LogP contribution in [0.15, 0.2) is 48.5 Å². The van der Waals surface area contributed by atoms with Gasteiger partial charge in [-0.15, -0.1) is 0 Å². The molecular weight excluding hydrogens is 466 g/mol. The van der Waals surface area contributed by atoms with E-state index in [1.165, 1.54) is 36.4 Å². The minimum Gasteiger partial charge on any atom is -0.462 e. The zero-order valence-corrected chi connectivity index (χ0v) is 19.1. The van der Waals surface area contributed by atoms with E-state index >= 15 is 0 Å². The molecule has 3 amide bonds. The Balaban J connectivity index is 1.61. The standard InChI is InChI=1S/C23H24ClN3O7/c1-2-33-23(32)16-8-12-18(13-9-16)25-19(28)4-3-5-21(30)34-14-20(29)26-27-22(31)15-6-10-17(24)11-7-15/h6-13H,2-5,14H2,1H3,(H,25,28)(H,26,29)(H,27,31). The smallest absolute Gasteiger partial charge is 0.338 e. The predicted octanol–water partition coefficient (Wildman–Crippen LogP) is 2.63. The van der Waals surface area contributed by atoms with Gasteiger partial charge in [-0.25, -0.2) is 4.79 Å². The number of amides is 3. The molecule has 0 unspecified atom stereocenters. The largest absolute Gasteiger partial charge is 0.462 e. The van der Waals surface area contributed by atoms with E-state index in [4.69, 9.17) is 21.1 Å². The Morgan fingerprint density at radius 2 is 1.44 bits per heavy atom. The van der Waals surface area contributed by atoms with Gasteiger partial charge in [-0.1, -0.05) is 11.6 Å². The topological polar surface area (TPSA) is 140 Å². The van der Waals surface area contributed by atoms with Gasteiger partial charge in [0, 0.05) is 29.1 Å². The third-order valence-corrected chi connectivity index (χ3v) is 4.50. The highest BCUT2D eigenvalue weighted by Crippen LogP contribution is 2.12. The van der Waals surface area contributed by atoms with E-state index in [-0.39, 0.29) is 37.3 Å². The van der Waals surface area contributed by atoms with Gasteiger partial charge in [-0.05, 0) is 61.9 Å². The second-order valence-electron chi connectivity index (χ2n) is 6.87. The lowest BCUT2D eigenvalue weighted by molar-refractivity contribution is -0.148. The molecule has 0 aromatic heterocycles. The molecule has 0 atom stereocenters. The zero-order valence-electron chi connectivity index (χ0n) is 18.4. The first kappa shape index (κ1) is 26.3. The number of anilines is 1. The number of ether oxygens (including phenoxy) is 2. The summed E-state index contributed by atoms with van der Waals surface area (Å²) in [5.41, 5.74) is 5.47. The molecule has 0 saturated carbocycles. The molecule has 2 aromatic rings. The molecule has 11 heteroatoms. The maximum Gasteiger partial charge on any atom is 0.338 e. The fourth-order valence-corrected chi connectivity index (χ4v) is 2.70. The maximum absolute atomic E-state index is 12.0. The van der Waals surface area contributed by atoms with Crippen molar-refractivity contribution < 1.29 is 33.4 Å². The minimum absolute atomic E-state index is 0.0536. The molecule has 0 radical (unpaired) electrons. The van der Waals surface area contributed by atoms with E-state index in [0.29, 0.717) is 16.3 Å². The lowest BCUT2D eigenvalue weighted by Crippen LogP contribution is -2.43. The number of hydrogen-bond acceptors (Lipinski definition) is 7. The van der Waals surface area contributed by atoms with Crippen LogP contribution >= 0.6 is 11.6 Å². The summed E-state index contributed by atoms with van der Waals surface area (Å²) in [7, 11) is 0. The van der Waals surface area contributed by atoms with E-state index < -0.39 is 30.4 Å². The summed E-state index contributed by atoms with van der Waals surface area (Å²) in [6.07, 6.45) is 0.193. The molecule has 0 fully saturated rings. The Kier molecular flexibility index (Phi) is 10.5. The third kappa shape index (κ3) is 9.29. The monoisotopic (exact) mass is 489 g/mol. The predicted molar refractivity (Wildman–Crippen MR) is 123 cm³/mol. The van der Waals surface area contributed by atoms with Crippen LogP contribution in [0, 0.1) is 0 Å². The Morgan fingerprint density at radius 3 is 2.09 bits per heavy atom. The Labute approximate surface area is 200 Å². The van der Waals surface area contributed by atoms with Crippen LogP contribution in [-0.2, 0) is 23.9 Å². The van der Waals surface area contributed by atoms with Crippen LogP contribution in [0.3, 0.4) is 0 Å². The van der Waals surface area contributed by atoms with Gasteiger partial charge in [0.1, 0.15) is 0 Å². The lowest BCUT2D eigenvalue weighted by atomic mass is 10.2. The van der Waals surface area contributed by atoms with E-state index in [0.717, 1.165) is 0 Å². The van der Waals surface area contributed by atoms with Gasteiger partial charge in [0.05, 0.1) is 12.2 Å². The Hall–Kier alpha value is -3.92. The highest BCUT2D eigenvalue weighted by atomic mass is 35.5. The molecule has 0 aliphatic heterocycles. The van der Waals surface area contributed by atoms with Crippen molar-refractivity contribution >= 4 is 46.9 Å². The molecule has 2 rings (SSSR count). The zero-order chi connectivity index (χ0) is 24.9. The highest BCUT2D eigenvalue weighted by molar-refractivity contribution is 6.30. The second-order valence-corrected chi connectivity index (χ2v) is 7.31. The van der Waals surface area contributed by atoms with E-state index in [9.17, 15) is 24.0 Å². The highest BCUT2D eigenvalue weighted by Gasteiger charge is 2.12. The molecule has 2 aromatic carbocycles. The average Bonchev–Trinajstić information content (AvgIpc) is 2.82. The molecule has 34 heavy (non-hydrogen) atoms. The second kappa shape index (κ2) is 13.6. The first-order valence-electron chi connectivity index (χ1n) is 10.4. The van der Waals surface area contributed by atoms with E-state index in [1.807, 2.05) is 0 Å². The number of nitrogens with one attached hydrogen (secondary N) is 3. The average molecular weight is 490 g/mol. The number of benzene rings is 2. The number of carbonyl (C=O) groups is 5. The summed E-state index contributed by atoms with van der Waals surface area (Å²) in [5, 5.41) is 3.12. The quantitative estimate of drug-likeness (QED) is 0.344. The molecule has 0 aliphatic rings. The van der Waals surface area contributed by atoms with Gasteiger partial charge in [-0.3, -0.25) is 30.0 Å². The van der Waals surface area contributed by atoms with Crippen LogP contribution < -0.4 is 16.2 Å². The van der Waals surface area contributed by atoms with Gasteiger partial charge in [-0.2, -0.15) is 0 Å². The van der Waals surface area contributed by atoms with Gasteiger partial charge < -0.3 is 14.8 Å². The van der Waals surface area contributed by atoms with Gasteiger partial charge >= 0.3 is 11.9 Å². The van der Waals surface area contributed by atoms with Gasteiger partial charge in [0.25, 0.3) is 11.8 Å². The van der Waals surface area contributed by atoms with Crippen molar-refractivity contribution in [1.82, 2.24) is 10.9 Å². The normalized spacial score (nSPS) is 10.1. The van der Waals surface area contributed by atoms with Crippen LogP contribution in [0.2, 0.25) is 5.02 Å². The molecule has 0 heterocycles. The number of hydrazine groups is 1. The number of halogens is 1. The van der Waals surface area contributed by atoms with Crippen molar-refractivity contribution in [3.8, 4) is 0 Å². The molecule has 0 saturated heterocycles. The van der Waals surface area contributed by atoms with Crippen LogP contribution in [0.25, 0.3) is 0 Å². The summed E-state index contributed by atoms with van der Waals surface area (Å²) >= 11 is 5.74. The summed E-state index contributed by atoms with van der Waals surface area (Å²) < 4.78 is 9.71. The molecule has 10 nitrogen and oxygen atoms in total. The Morgan fingerprint density at radius 1 is 0.794 bits per heavy atom. The van der Waals surface area contributed by atoms with Crippen molar-refractivity contribution in [3.05, 3.63) is 64.7 Å². The van der Waals surface area contributed by atoms with E-state index in [1.54, 1.807) is 19.1 Å². The third-order valence-electron chi connectivity index (χ3n) is 4.25. The number of rotatable bonds is 10. The molecule has 3 N–H and O–H groups in total. The summed E-state index contributed by atoms with van der Waals surface area (Å²) in [6.45, 7) is 1.39. The molecule has 0 aliphatic carbocycles. The van der Waals surface area contributed by atoms with Crippen LogP contribution in [0.4, 0.5) is 5.69 Å². The summed E-state index contributed by atoms with van der Waals surface area (Å²) in [5.74, 6) is -2.71. The first-order valence-corrected chi connectivity index (χ1v) is 10.7. The van der Waals surface area contributed by atoms with Crippen LogP contribution in [-0.4, -0.2) is 42.9 Å². The Bertz CT molecular complexity index is 1020. The number of esters is 2. The number of carbonyl (C=O) groups excluding carboxylic acids is 5. The first-order chi connectivity index (χ1) is 16.3. The van der Waals surface area contributed by atoms with Crippen LogP contribution in [0.5, 0.6) is 0 Å². The molecular formula is C23H24ClN3O7. The summed E-state index contributed by atoms with van der Waals surface area (Å²) in [6, 6.07) is 12.2. The van der Waals surface area contributed by atoms with Crippen LogP contribution in [0.1, 0.15) is 46.9 Å². The molecule has 0 bridgehead atoms. The summed E-state index contributed by atoms with van der Waals surface area (Å²) in [4.78, 5) is 58.9. The van der Waals surface area contributed by atoms with Crippen molar-refractivity contribution in [1.29, 1.82) is 0 Å². The van der Waals surface area contributed by atoms with Crippen molar-refractivity contribution in [3.63, 3.8) is 0 Å². The minimum atomic E-state index is -0.723. The number of hydrogen-bond donors (Lipinski definition) is 3. The molecule has 180 valence electrons. The fourth-order valence-electron chi connectivity index (χ4n) is 2.58. The SMILES string of the molecule is CCOC(=O)c1ccc(NC(=O)CCCC(=O)OCC(=O)NNC(=O)c2ccc(Cl)cc2)cc1. The van der Waals surface area contributed by atoms with Gasteiger partial charge in [0.15, 0.2) is 6.61 Å². The van der Waals surface area contributed by atoms with E-state index in [2.05, 4.69) is 16.2 Å². The molecule has 0 spiro atoms. The van der Waals surface area contributed by atoms with Crippen molar-refractivity contribution in [2.24, 2.45) is 0 Å². The van der Waals surface area contributed by atoms with Crippen molar-refractivity contribution in [2.45, 2.75) is 26.2 Å².